The van der Waals surface area contributed by atoms with Crippen molar-refractivity contribution in [1.82, 2.24) is 15.5 Å². The number of nitrogens with one attached hydrogen (secondary N) is 2. The second-order valence-corrected chi connectivity index (χ2v) is 11.3. The zero-order chi connectivity index (χ0) is 30.8. The average molecular weight is 571 g/mol. The Hall–Kier alpha value is -3.54. The molecular weight excluding hydrogens is 520 g/mol. The first-order valence-electron chi connectivity index (χ1n) is 14.9. The Kier molecular flexibility index (Phi) is 16.2. The molecule has 0 aromatic heterocycles. The maximum atomic E-state index is 14.1. The zero-order valence-corrected chi connectivity index (χ0v) is 25.6. The molecule has 0 saturated heterocycles. The fraction of sp³-hybridized carbons (Fsp3) is 0.625. The van der Waals surface area contributed by atoms with Crippen LogP contribution >= 0.6 is 0 Å². The first-order valence-corrected chi connectivity index (χ1v) is 14.9. The molecule has 0 aliphatic heterocycles. The summed E-state index contributed by atoms with van der Waals surface area (Å²) in [6.45, 7) is 10.0. The molecule has 0 fully saturated rings. The first-order chi connectivity index (χ1) is 19.4. The van der Waals surface area contributed by atoms with Crippen molar-refractivity contribution in [2.75, 3.05) is 13.1 Å². The average Bonchev–Trinajstić information content (AvgIpc) is 2.90. The summed E-state index contributed by atoms with van der Waals surface area (Å²) in [4.78, 5) is 53.8. The lowest BCUT2D eigenvalue weighted by Gasteiger charge is -2.34. The van der Waals surface area contributed by atoms with Gasteiger partial charge in [-0.25, -0.2) is 4.79 Å². The summed E-state index contributed by atoms with van der Waals surface area (Å²) in [5.41, 5.74) is 5.88. The van der Waals surface area contributed by atoms with Crippen LogP contribution in [0.4, 0.5) is 4.79 Å². The maximum Gasteiger partial charge on any atom is 0.408 e. The smallest absolute Gasteiger partial charge is 0.408 e. The van der Waals surface area contributed by atoms with Crippen LogP contribution in [-0.2, 0) is 19.1 Å². The number of primary amides is 1. The molecule has 0 heterocycles. The lowest BCUT2D eigenvalue weighted by Crippen LogP contribution is -2.54. The molecule has 228 valence electrons. The molecule has 9 heteroatoms. The molecule has 4 N–H and O–H groups in total. The fourth-order valence-electron chi connectivity index (χ4n) is 4.40. The summed E-state index contributed by atoms with van der Waals surface area (Å²) in [6.07, 6.45) is 12.9. The Balaban J connectivity index is 3.44. The number of hydrogen-bond donors (Lipinski definition) is 3. The normalized spacial score (nSPS) is 12.5. The van der Waals surface area contributed by atoms with Gasteiger partial charge in [0.25, 0.3) is 0 Å². The highest BCUT2D eigenvalue weighted by atomic mass is 16.6. The quantitative estimate of drug-likeness (QED) is 0.169. The molecular formula is C32H50N4O5. The van der Waals surface area contributed by atoms with E-state index in [9.17, 15) is 19.2 Å². The standard InChI is InChI=1S/C32H50N4O5/c1-7-10-12-13-14-16-22-36(30(39)26(23-27(33)37)35-31(40)41-32(4,5)6)28(29(38)34-21-15-11-8-2)25-19-17-24(9-3)18-20-25/h3,17-20,26,28H,7-8,10-16,21-23H2,1-2,4-6H3,(H2,33,37)(H,34,38)(H,35,40). The van der Waals surface area contributed by atoms with E-state index in [2.05, 4.69) is 30.4 Å². The molecule has 2 unspecified atom stereocenters. The van der Waals surface area contributed by atoms with Crippen molar-refractivity contribution >= 4 is 23.8 Å². The number of benzene rings is 1. The van der Waals surface area contributed by atoms with Gasteiger partial charge in [-0.3, -0.25) is 14.4 Å². The minimum atomic E-state index is -1.30. The molecule has 0 aliphatic carbocycles. The Bertz CT molecular complexity index is 1010. The highest BCUT2D eigenvalue weighted by Gasteiger charge is 2.36. The van der Waals surface area contributed by atoms with Crippen LogP contribution in [-0.4, -0.2) is 53.4 Å². The number of hydrogen-bond acceptors (Lipinski definition) is 5. The number of ether oxygens (including phenoxy) is 1. The Morgan fingerprint density at radius 3 is 2.10 bits per heavy atom. The highest BCUT2D eigenvalue weighted by molar-refractivity contribution is 5.94. The summed E-state index contributed by atoms with van der Waals surface area (Å²) in [6, 6.07) is 4.61. The minimum absolute atomic E-state index is 0.250. The summed E-state index contributed by atoms with van der Waals surface area (Å²) in [5.74, 6) is 0.873. The van der Waals surface area contributed by atoms with Crippen LogP contribution in [0.5, 0.6) is 0 Å². The monoisotopic (exact) mass is 570 g/mol. The van der Waals surface area contributed by atoms with Gasteiger partial charge >= 0.3 is 6.09 Å². The van der Waals surface area contributed by atoms with Gasteiger partial charge in [-0.05, 0) is 51.3 Å². The van der Waals surface area contributed by atoms with Gasteiger partial charge in [0.2, 0.25) is 17.7 Å². The largest absolute Gasteiger partial charge is 0.444 e. The molecule has 41 heavy (non-hydrogen) atoms. The van der Waals surface area contributed by atoms with Crippen LogP contribution in [0.2, 0.25) is 0 Å². The summed E-state index contributed by atoms with van der Waals surface area (Å²) >= 11 is 0. The van der Waals surface area contributed by atoms with Crippen molar-refractivity contribution in [1.29, 1.82) is 0 Å². The predicted octanol–water partition coefficient (Wildman–Crippen LogP) is 4.97. The minimum Gasteiger partial charge on any atom is -0.444 e. The Morgan fingerprint density at radius 2 is 1.54 bits per heavy atom. The van der Waals surface area contributed by atoms with Gasteiger partial charge in [-0.15, -0.1) is 6.42 Å². The maximum absolute atomic E-state index is 14.1. The van der Waals surface area contributed by atoms with Crippen LogP contribution in [0.25, 0.3) is 0 Å². The van der Waals surface area contributed by atoms with Gasteiger partial charge in [0.05, 0.1) is 6.42 Å². The van der Waals surface area contributed by atoms with E-state index in [1.54, 1.807) is 45.0 Å². The van der Waals surface area contributed by atoms with Crippen LogP contribution in [0.3, 0.4) is 0 Å². The molecule has 1 rings (SSSR count). The van der Waals surface area contributed by atoms with Gasteiger partial charge in [-0.2, -0.15) is 0 Å². The van der Waals surface area contributed by atoms with Crippen molar-refractivity contribution in [3.8, 4) is 12.3 Å². The number of carbonyl (C=O) groups is 4. The topological polar surface area (TPSA) is 131 Å². The molecule has 0 aliphatic rings. The molecule has 1 aromatic carbocycles. The van der Waals surface area contributed by atoms with Gasteiger partial charge in [0.15, 0.2) is 0 Å². The molecule has 2 atom stereocenters. The third kappa shape index (κ3) is 14.1. The molecule has 4 amide bonds. The van der Waals surface area contributed by atoms with Crippen LogP contribution in [0.1, 0.15) is 116 Å². The number of terminal acetylenes is 1. The Labute approximate surface area is 246 Å². The van der Waals surface area contributed by atoms with E-state index in [4.69, 9.17) is 16.9 Å². The Morgan fingerprint density at radius 1 is 0.951 bits per heavy atom. The van der Waals surface area contributed by atoms with Crippen molar-refractivity contribution in [2.24, 2.45) is 5.73 Å². The second-order valence-electron chi connectivity index (χ2n) is 11.3. The van der Waals surface area contributed by atoms with Crippen LogP contribution in [0.15, 0.2) is 24.3 Å². The van der Waals surface area contributed by atoms with Gasteiger partial charge < -0.3 is 26.0 Å². The van der Waals surface area contributed by atoms with Crippen LogP contribution < -0.4 is 16.4 Å². The summed E-state index contributed by atoms with van der Waals surface area (Å²) in [5, 5.41) is 5.49. The van der Waals surface area contributed by atoms with E-state index in [-0.39, 0.29) is 12.5 Å². The number of unbranched alkanes of at least 4 members (excludes halogenated alkanes) is 7. The molecule has 1 aromatic rings. The first kappa shape index (κ1) is 35.5. The predicted molar refractivity (Wildman–Crippen MR) is 162 cm³/mol. The summed E-state index contributed by atoms with van der Waals surface area (Å²) < 4.78 is 5.34. The van der Waals surface area contributed by atoms with Crippen molar-refractivity contribution in [2.45, 2.75) is 117 Å². The summed E-state index contributed by atoms with van der Waals surface area (Å²) in [7, 11) is 0. The SMILES string of the molecule is C#Cc1ccc(C(C(=O)NCCCCC)N(CCCCCCCC)C(=O)C(CC(N)=O)NC(=O)OC(C)(C)C)cc1. The number of carbonyl (C=O) groups excluding carboxylic acids is 4. The van der Waals surface area contributed by atoms with Crippen molar-refractivity contribution in [3.05, 3.63) is 35.4 Å². The number of alkyl carbamates (subject to hydrolysis) is 1. The lowest BCUT2D eigenvalue weighted by molar-refractivity contribution is -0.143. The number of amides is 4. The van der Waals surface area contributed by atoms with Gasteiger partial charge in [0.1, 0.15) is 17.7 Å². The second kappa shape index (κ2) is 18.7. The fourth-order valence-corrected chi connectivity index (χ4v) is 4.40. The third-order valence-corrected chi connectivity index (χ3v) is 6.46. The van der Waals surface area contributed by atoms with Gasteiger partial charge in [-0.1, -0.05) is 76.8 Å². The third-order valence-electron chi connectivity index (χ3n) is 6.46. The van der Waals surface area contributed by atoms with E-state index in [0.717, 1.165) is 51.4 Å². The molecule has 0 radical (unpaired) electrons. The molecule has 9 nitrogen and oxygen atoms in total. The number of nitrogens with zero attached hydrogens (tertiary/aromatic N) is 1. The van der Waals surface area contributed by atoms with E-state index in [1.165, 1.54) is 4.90 Å². The van der Waals surface area contributed by atoms with E-state index in [1.807, 2.05) is 0 Å². The zero-order valence-electron chi connectivity index (χ0n) is 25.6. The highest BCUT2D eigenvalue weighted by Crippen LogP contribution is 2.25. The van der Waals surface area contributed by atoms with E-state index in [0.29, 0.717) is 24.1 Å². The molecule has 0 spiro atoms. The van der Waals surface area contributed by atoms with Crippen molar-refractivity contribution < 1.29 is 23.9 Å². The number of rotatable bonds is 18. The lowest BCUT2D eigenvalue weighted by atomic mass is 10.00. The van der Waals surface area contributed by atoms with Crippen molar-refractivity contribution in [3.63, 3.8) is 0 Å². The number of nitrogens with two attached hydrogens (primary N) is 1. The molecule has 0 bridgehead atoms. The molecule has 0 saturated carbocycles. The van der Waals surface area contributed by atoms with Gasteiger partial charge in [0, 0.05) is 18.7 Å². The van der Waals surface area contributed by atoms with E-state index < -0.39 is 42.0 Å². The van der Waals surface area contributed by atoms with E-state index >= 15 is 0 Å². The van der Waals surface area contributed by atoms with Crippen LogP contribution in [0, 0.1) is 12.3 Å².